The summed E-state index contributed by atoms with van der Waals surface area (Å²) in [7, 11) is 0. The molecule has 4 atom stereocenters. The Morgan fingerprint density at radius 2 is 1.68 bits per heavy atom. The van der Waals surface area contributed by atoms with Crippen LogP contribution in [0.4, 0.5) is 0 Å². The Morgan fingerprint density at radius 3 is 2.26 bits per heavy atom. The highest BCUT2D eigenvalue weighted by molar-refractivity contribution is 5.94. The van der Waals surface area contributed by atoms with E-state index in [9.17, 15) is 24.3 Å². The van der Waals surface area contributed by atoms with Crippen molar-refractivity contribution < 1.29 is 24.3 Å². The number of aliphatic imine (C=N–C) groups is 1. The first-order valence-electron chi connectivity index (χ1n) is 13.0. The minimum absolute atomic E-state index is 0.0287. The highest BCUT2D eigenvalue weighted by atomic mass is 16.4. The van der Waals surface area contributed by atoms with E-state index in [0.717, 1.165) is 18.5 Å². The molecule has 2 rings (SSSR count). The van der Waals surface area contributed by atoms with Gasteiger partial charge in [-0.3, -0.25) is 19.4 Å². The number of nitrogens with two attached hydrogens (primary N) is 2. The smallest absolute Gasteiger partial charge is 0.326 e. The number of nitrogens with one attached hydrogen (secondary N) is 4. The fraction of sp³-hybridized carbons (Fsp3) is 0.577. The van der Waals surface area contributed by atoms with Crippen molar-refractivity contribution in [3.05, 3.63) is 35.9 Å². The molecule has 1 saturated heterocycles. The number of carbonyl (C=O) groups excluding carboxylic acids is 3. The molecule has 38 heavy (non-hydrogen) atoms. The van der Waals surface area contributed by atoms with E-state index in [1.807, 2.05) is 44.2 Å². The lowest BCUT2D eigenvalue weighted by Crippen LogP contribution is -2.57. The van der Waals surface area contributed by atoms with E-state index in [0.29, 0.717) is 12.8 Å². The van der Waals surface area contributed by atoms with Crippen molar-refractivity contribution >= 4 is 29.7 Å². The second kappa shape index (κ2) is 15.6. The fourth-order valence-corrected chi connectivity index (χ4v) is 4.25. The minimum atomic E-state index is -1.16. The van der Waals surface area contributed by atoms with Crippen LogP contribution in [0, 0.1) is 5.92 Å². The van der Waals surface area contributed by atoms with Crippen molar-refractivity contribution in [1.29, 1.82) is 0 Å². The number of aliphatic carboxylic acids is 1. The van der Waals surface area contributed by atoms with Gasteiger partial charge in [0.25, 0.3) is 0 Å². The van der Waals surface area contributed by atoms with Crippen LogP contribution in [0.5, 0.6) is 0 Å². The number of hydrogen-bond donors (Lipinski definition) is 7. The third-order valence-corrected chi connectivity index (χ3v) is 6.19. The van der Waals surface area contributed by atoms with Gasteiger partial charge in [0, 0.05) is 13.0 Å². The molecule has 1 fully saturated rings. The normalized spacial score (nSPS) is 17.2. The monoisotopic (exact) mass is 531 g/mol. The SMILES string of the molecule is CC(C)CC(NC(=O)C(CCCN=C(N)N)NC(=O)C(Cc1ccccc1)NC(=O)C1CCCN1)C(=O)O. The van der Waals surface area contributed by atoms with Crippen LogP contribution >= 0.6 is 0 Å². The molecule has 1 aromatic rings. The van der Waals surface area contributed by atoms with E-state index in [1.54, 1.807) is 0 Å². The van der Waals surface area contributed by atoms with Gasteiger partial charge < -0.3 is 37.8 Å². The van der Waals surface area contributed by atoms with Crippen molar-refractivity contribution in [1.82, 2.24) is 21.3 Å². The molecule has 0 aromatic heterocycles. The molecule has 210 valence electrons. The molecule has 0 spiro atoms. The molecule has 12 heteroatoms. The largest absolute Gasteiger partial charge is 0.480 e. The van der Waals surface area contributed by atoms with Crippen LogP contribution in [0.3, 0.4) is 0 Å². The number of carboxylic acid groups (broad SMARTS) is 1. The quantitative estimate of drug-likeness (QED) is 0.0901. The fourth-order valence-electron chi connectivity index (χ4n) is 4.25. The summed E-state index contributed by atoms with van der Waals surface area (Å²) in [6.07, 6.45) is 2.52. The first-order valence-corrected chi connectivity index (χ1v) is 13.0. The maximum atomic E-state index is 13.4. The summed E-state index contributed by atoms with van der Waals surface area (Å²) in [5.74, 6) is -2.67. The standard InChI is InChI=1S/C26H41N7O5/c1-16(2)14-21(25(37)38)33-23(35)19(11-7-13-30-26(27)28)31-24(36)20(15-17-8-4-3-5-9-17)32-22(34)18-10-6-12-29-18/h3-5,8-9,16,18-21,29H,6-7,10-15H2,1-2H3,(H,31,36)(H,32,34)(H,33,35)(H,37,38)(H4,27,28,30). The van der Waals surface area contributed by atoms with E-state index >= 15 is 0 Å². The number of benzene rings is 1. The number of guanidine groups is 1. The summed E-state index contributed by atoms with van der Waals surface area (Å²) in [6.45, 7) is 4.67. The molecule has 3 amide bonds. The number of carboxylic acids is 1. The summed E-state index contributed by atoms with van der Waals surface area (Å²) >= 11 is 0. The van der Waals surface area contributed by atoms with Crippen LogP contribution < -0.4 is 32.7 Å². The summed E-state index contributed by atoms with van der Waals surface area (Å²) in [4.78, 5) is 55.0. The number of hydrogen-bond acceptors (Lipinski definition) is 6. The van der Waals surface area contributed by atoms with Crippen molar-refractivity contribution in [3.63, 3.8) is 0 Å². The maximum absolute atomic E-state index is 13.4. The first-order chi connectivity index (χ1) is 18.1. The number of amides is 3. The molecule has 1 aromatic carbocycles. The second-order valence-corrected chi connectivity index (χ2v) is 9.94. The lowest BCUT2D eigenvalue weighted by molar-refractivity contribution is -0.142. The molecule has 12 nitrogen and oxygen atoms in total. The third kappa shape index (κ3) is 10.8. The van der Waals surface area contributed by atoms with Crippen LogP contribution in [-0.2, 0) is 25.6 Å². The molecule has 1 aliphatic heterocycles. The van der Waals surface area contributed by atoms with Crippen LogP contribution in [-0.4, -0.2) is 72.0 Å². The van der Waals surface area contributed by atoms with Crippen LogP contribution in [0.2, 0.25) is 0 Å². The summed E-state index contributed by atoms with van der Waals surface area (Å²) < 4.78 is 0. The third-order valence-electron chi connectivity index (χ3n) is 6.19. The highest BCUT2D eigenvalue weighted by Gasteiger charge is 2.31. The molecule has 0 aliphatic carbocycles. The molecule has 0 saturated carbocycles. The Hall–Kier alpha value is -3.67. The van der Waals surface area contributed by atoms with Gasteiger partial charge in [0.15, 0.2) is 5.96 Å². The number of carbonyl (C=O) groups is 4. The van der Waals surface area contributed by atoms with Gasteiger partial charge in [-0.15, -0.1) is 0 Å². The molecule has 9 N–H and O–H groups in total. The van der Waals surface area contributed by atoms with Gasteiger partial charge in [-0.1, -0.05) is 44.2 Å². The molecule has 0 bridgehead atoms. The lowest BCUT2D eigenvalue weighted by atomic mass is 10.0. The molecular formula is C26H41N7O5. The predicted octanol–water partition coefficient (Wildman–Crippen LogP) is -0.380. The predicted molar refractivity (Wildman–Crippen MR) is 144 cm³/mol. The molecule has 0 radical (unpaired) electrons. The topological polar surface area (TPSA) is 201 Å². The number of rotatable bonds is 15. The lowest BCUT2D eigenvalue weighted by Gasteiger charge is -2.25. The summed E-state index contributed by atoms with van der Waals surface area (Å²) in [5.41, 5.74) is 11.6. The van der Waals surface area contributed by atoms with E-state index in [4.69, 9.17) is 11.5 Å². The zero-order valence-electron chi connectivity index (χ0n) is 22.1. The molecule has 1 heterocycles. The van der Waals surface area contributed by atoms with Crippen molar-refractivity contribution in [3.8, 4) is 0 Å². The van der Waals surface area contributed by atoms with E-state index in [-0.39, 0.29) is 49.6 Å². The maximum Gasteiger partial charge on any atom is 0.326 e. The average molecular weight is 532 g/mol. The zero-order valence-corrected chi connectivity index (χ0v) is 22.1. The minimum Gasteiger partial charge on any atom is -0.480 e. The van der Waals surface area contributed by atoms with Gasteiger partial charge in [0.05, 0.1) is 6.04 Å². The van der Waals surface area contributed by atoms with E-state index in [1.165, 1.54) is 0 Å². The van der Waals surface area contributed by atoms with Crippen molar-refractivity contribution in [2.24, 2.45) is 22.4 Å². The molecular weight excluding hydrogens is 490 g/mol. The Kier molecular flexibility index (Phi) is 12.5. The Morgan fingerprint density at radius 1 is 1.03 bits per heavy atom. The van der Waals surface area contributed by atoms with Crippen LogP contribution in [0.15, 0.2) is 35.3 Å². The van der Waals surface area contributed by atoms with Crippen molar-refractivity contribution in [2.75, 3.05) is 13.1 Å². The van der Waals surface area contributed by atoms with Gasteiger partial charge in [-0.05, 0) is 50.1 Å². The first kappa shape index (κ1) is 30.6. The van der Waals surface area contributed by atoms with E-state index < -0.39 is 35.9 Å². The molecule has 4 unspecified atom stereocenters. The van der Waals surface area contributed by atoms with E-state index in [2.05, 4.69) is 26.3 Å². The van der Waals surface area contributed by atoms with Gasteiger partial charge in [-0.2, -0.15) is 0 Å². The Labute approximate surface area is 223 Å². The Bertz CT molecular complexity index is 960. The van der Waals surface area contributed by atoms with Gasteiger partial charge >= 0.3 is 5.97 Å². The van der Waals surface area contributed by atoms with Gasteiger partial charge in [-0.25, -0.2) is 4.79 Å². The van der Waals surface area contributed by atoms with Crippen molar-refractivity contribution in [2.45, 2.75) is 76.5 Å². The Balaban J connectivity index is 2.20. The summed E-state index contributed by atoms with van der Waals surface area (Å²) in [6, 6.07) is 5.76. The average Bonchev–Trinajstić information content (AvgIpc) is 3.40. The van der Waals surface area contributed by atoms with Gasteiger partial charge in [0.2, 0.25) is 17.7 Å². The second-order valence-electron chi connectivity index (χ2n) is 9.94. The van der Waals surface area contributed by atoms with Gasteiger partial charge in [0.1, 0.15) is 18.1 Å². The van der Waals surface area contributed by atoms with Crippen LogP contribution in [0.25, 0.3) is 0 Å². The molecule has 1 aliphatic rings. The van der Waals surface area contributed by atoms with Crippen LogP contribution in [0.1, 0.15) is 51.5 Å². The summed E-state index contributed by atoms with van der Waals surface area (Å²) in [5, 5.41) is 20.8. The zero-order chi connectivity index (χ0) is 28.1. The number of nitrogens with zero attached hydrogens (tertiary/aromatic N) is 1. The highest BCUT2D eigenvalue weighted by Crippen LogP contribution is 2.10.